The Morgan fingerprint density at radius 1 is 1.24 bits per heavy atom. The van der Waals surface area contributed by atoms with Gasteiger partial charge >= 0.3 is 0 Å². The van der Waals surface area contributed by atoms with Crippen LogP contribution in [0.15, 0.2) is 0 Å². The first kappa shape index (κ1) is 15.8. The van der Waals surface area contributed by atoms with Gasteiger partial charge in [0.2, 0.25) is 5.91 Å². The Bertz CT molecular complexity index is 350. The van der Waals surface area contributed by atoms with Crippen LogP contribution in [0.1, 0.15) is 51.4 Å². The van der Waals surface area contributed by atoms with E-state index in [1.807, 2.05) is 0 Å². The maximum Gasteiger partial charge on any atom is 0.220 e. The predicted octanol–water partition coefficient (Wildman–Crippen LogP) is 3.51. The van der Waals surface area contributed by atoms with Crippen molar-refractivity contribution in [1.82, 2.24) is 5.32 Å². The van der Waals surface area contributed by atoms with E-state index in [4.69, 9.17) is 4.74 Å². The summed E-state index contributed by atoms with van der Waals surface area (Å²) < 4.78 is 5.09. The molecule has 4 rings (SSSR count). The number of amides is 1. The van der Waals surface area contributed by atoms with Crippen LogP contribution in [0, 0.1) is 23.2 Å². The van der Waals surface area contributed by atoms with E-state index in [2.05, 4.69) is 21.2 Å². The number of ether oxygens (including phenoxy) is 1. The van der Waals surface area contributed by atoms with Gasteiger partial charge in [0.25, 0.3) is 0 Å². The van der Waals surface area contributed by atoms with E-state index in [0.717, 1.165) is 37.1 Å². The molecule has 1 amide bonds. The fraction of sp³-hybridized carbons (Fsp3) is 0.941. The van der Waals surface area contributed by atoms with Gasteiger partial charge in [0.05, 0.1) is 6.61 Å². The Morgan fingerprint density at radius 2 is 1.81 bits per heavy atom. The van der Waals surface area contributed by atoms with Gasteiger partial charge in [-0.05, 0) is 68.1 Å². The predicted molar refractivity (Wildman–Crippen MR) is 87.4 cm³/mol. The molecule has 4 saturated carbocycles. The first-order valence-electron chi connectivity index (χ1n) is 8.48. The maximum absolute atomic E-state index is 12.3. The molecule has 0 aromatic carbocycles. The van der Waals surface area contributed by atoms with Gasteiger partial charge in [-0.1, -0.05) is 15.9 Å². The Morgan fingerprint density at radius 3 is 2.33 bits per heavy atom. The van der Waals surface area contributed by atoms with Crippen LogP contribution in [0.3, 0.4) is 0 Å². The summed E-state index contributed by atoms with van der Waals surface area (Å²) in [7, 11) is 1.71. The van der Waals surface area contributed by atoms with Gasteiger partial charge in [-0.25, -0.2) is 0 Å². The summed E-state index contributed by atoms with van der Waals surface area (Å²) in [5.41, 5.74) is 0.360. The third kappa shape index (κ3) is 3.82. The number of nitrogens with one attached hydrogen (secondary N) is 1. The molecule has 4 fully saturated rings. The quantitative estimate of drug-likeness (QED) is 0.708. The normalized spacial score (nSPS) is 38.5. The van der Waals surface area contributed by atoms with Crippen LogP contribution in [-0.2, 0) is 9.53 Å². The molecule has 4 aliphatic rings. The van der Waals surface area contributed by atoms with Gasteiger partial charge in [0.15, 0.2) is 0 Å². The first-order valence-corrected chi connectivity index (χ1v) is 9.40. The molecule has 1 N–H and O–H groups in total. The highest BCUT2D eigenvalue weighted by Gasteiger charge is 2.51. The summed E-state index contributed by atoms with van der Waals surface area (Å²) in [5.74, 6) is 3.06. The summed E-state index contributed by atoms with van der Waals surface area (Å²) in [5, 5.41) is 3.12. The molecule has 0 spiro atoms. The van der Waals surface area contributed by atoms with Crippen LogP contribution >= 0.6 is 15.9 Å². The van der Waals surface area contributed by atoms with Crippen molar-refractivity contribution in [3.63, 3.8) is 0 Å². The van der Waals surface area contributed by atoms with Gasteiger partial charge in [-0.15, -0.1) is 0 Å². The molecule has 4 bridgehead atoms. The third-order valence-corrected chi connectivity index (χ3v) is 6.55. The third-order valence-electron chi connectivity index (χ3n) is 5.83. The van der Waals surface area contributed by atoms with Crippen LogP contribution in [-0.4, -0.2) is 31.0 Å². The zero-order valence-corrected chi connectivity index (χ0v) is 14.7. The number of carbonyl (C=O) groups excluding carboxylic acids is 1. The number of carbonyl (C=O) groups is 1. The standard InChI is InChI=1S/C17H28BrNO2/c1-21-11-15(18)2-3-19-16(20)10-17-7-12-4-13(8-17)6-14(5-12)9-17/h12-15H,2-11H2,1H3,(H,19,20). The lowest BCUT2D eigenvalue weighted by Gasteiger charge is -2.56. The number of halogens is 1. The maximum atomic E-state index is 12.3. The van der Waals surface area contributed by atoms with Gasteiger partial charge in [0, 0.05) is 24.9 Å². The fourth-order valence-electron chi connectivity index (χ4n) is 5.54. The van der Waals surface area contributed by atoms with Crippen molar-refractivity contribution in [3.05, 3.63) is 0 Å². The number of rotatable bonds is 7. The van der Waals surface area contributed by atoms with Crippen LogP contribution in [0.25, 0.3) is 0 Å². The lowest BCUT2D eigenvalue weighted by atomic mass is 9.49. The average molecular weight is 358 g/mol. The minimum atomic E-state index is 0.272. The van der Waals surface area contributed by atoms with Crippen molar-refractivity contribution in [2.75, 3.05) is 20.3 Å². The van der Waals surface area contributed by atoms with Crippen molar-refractivity contribution in [2.24, 2.45) is 23.2 Å². The second kappa shape index (κ2) is 6.57. The topological polar surface area (TPSA) is 38.3 Å². The van der Waals surface area contributed by atoms with Crippen molar-refractivity contribution in [2.45, 2.75) is 56.2 Å². The molecule has 0 saturated heterocycles. The SMILES string of the molecule is COCC(Br)CCNC(=O)CC12CC3CC(CC(C3)C1)C2. The Labute approximate surface area is 136 Å². The Balaban J connectivity index is 1.44. The van der Waals surface area contributed by atoms with Gasteiger partial charge in [0.1, 0.15) is 0 Å². The van der Waals surface area contributed by atoms with Gasteiger partial charge < -0.3 is 10.1 Å². The van der Waals surface area contributed by atoms with Crippen molar-refractivity contribution < 1.29 is 9.53 Å². The fourth-order valence-corrected chi connectivity index (χ4v) is 6.04. The van der Waals surface area contributed by atoms with Crippen LogP contribution in [0.5, 0.6) is 0 Å². The zero-order chi connectivity index (χ0) is 14.9. The molecule has 21 heavy (non-hydrogen) atoms. The molecule has 1 atom stereocenters. The van der Waals surface area contributed by atoms with Gasteiger partial charge in [-0.3, -0.25) is 4.79 Å². The molecule has 0 radical (unpaired) electrons. The number of hydrogen-bond acceptors (Lipinski definition) is 2. The number of methoxy groups -OCH3 is 1. The molecule has 0 aliphatic heterocycles. The summed E-state index contributed by atoms with van der Waals surface area (Å²) in [6, 6.07) is 0. The molecular weight excluding hydrogens is 330 g/mol. The summed E-state index contributed by atoms with van der Waals surface area (Å²) in [6.07, 6.45) is 10.00. The minimum absolute atomic E-state index is 0.272. The van der Waals surface area contributed by atoms with E-state index < -0.39 is 0 Å². The molecular formula is C17H28BrNO2. The van der Waals surface area contributed by atoms with Crippen molar-refractivity contribution in [3.8, 4) is 0 Å². The minimum Gasteiger partial charge on any atom is -0.384 e. The van der Waals surface area contributed by atoms with E-state index in [0.29, 0.717) is 16.8 Å². The van der Waals surface area contributed by atoms with E-state index in [-0.39, 0.29) is 5.91 Å². The molecule has 0 heterocycles. The first-order chi connectivity index (χ1) is 10.1. The van der Waals surface area contributed by atoms with Crippen molar-refractivity contribution >= 4 is 21.8 Å². The summed E-state index contributed by atoms with van der Waals surface area (Å²) in [6.45, 7) is 1.45. The lowest BCUT2D eigenvalue weighted by molar-refractivity contribution is -0.129. The van der Waals surface area contributed by atoms with E-state index in [1.54, 1.807) is 7.11 Å². The molecule has 3 nitrogen and oxygen atoms in total. The van der Waals surface area contributed by atoms with E-state index in [1.165, 1.54) is 38.5 Å². The molecule has 0 aromatic rings. The molecule has 4 aliphatic carbocycles. The lowest BCUT2D eigenvalue weighted by Crippen LogP contribution is -2.48. The monoisotopic (exact) mass is 357 g/mol. The summed E-state index contributed by atoms with van der Waals surface area (Å²) in [4.78, 5) is 12.6. The van der Waals surface area contributed by atoms with E-state index >= 15 is 0 Å². The summed E-state index contributed by atoms with van der Waals surface area (Å²) >= 11 is 3.57. The molecule has 4 heteroatoms. The average Bonchev–Trinajstić information content (AvgIpc) is 2.36. The van der Waals surface area contributed by atoms with Crippen LogP contribution < -0.4 is 5.32 Å². The second-order valence-electron chi connectivity index (χ2n) is 7.79. The number of hydrogen-bond donors (Lipinski definition) is 1. The van der Waals surface area contributed by atoms with E-state index in [9.17, 15) is 4.79 Å². The van der Waals surface area contributed by atoms with Crippen molar-refractivity contribution in [1.29, 1.82) is 0 Å². The number of alkyl halides is 1. The Hall–Kier alpha value is -0.0900. The zero-order valence-electron chi connectivity index (χ0n) is 13.1. The van der Waals surface area contributed by atoms with Crippen LogP contribution in [0.2, 0.25) is 0 Å². The smallest absolute Gasteiger partial charge is 0.220 e. The van der Waals surface area contributed by atoms with Gasteiger partial charge in [-0.2, -0.15) is 0 Å². The Kier molecular flexibility index (Phi) is 4.94. The molecule has 1 unspecified atom stereocenters. The highest BCUT2D eigenvalue weighted by atomic mass is 79.9. The second-order valence-corrected chi connectivity index (χ2v) is 9.08. The highest BCUT2D eigenvalue weighted by Crippen LogP contribution is 2.61. The molecule has 0 aromatic heterocycles. The van der Waals surface area contributed by atoms with Crippen LogP contribution in [0.4, 0.5) is 0 Å². The largest absolute Gasteiger partial charge is 0.384 e. The highest BCUT2D eigenvalue weighted by molar-refractivity contribution is 9.09. The molecule has 120 valence electrons.